The summed E-state index contributed by atoms with van der Waals surface area (Å²) in [5.41, 5.74) is 0.269. The second-order valence-corrected chi connectivity index (χ2v) is 5.79. The summed E-state index contributed by atoms with van der Waals surface area (Å²) >= 11 is 6.11. The molecule has 4 nitrogen and oxygen atoms in total. The molecular weight excluding hydrogens is 250 g/mol. The van der Waals surface area contributed by atoms with Gasteiger partial charge in [-0.1, -0.05) is 25.4 Å². The third kappa shape index (κ3) is 2.75. The number of anilines is 1. The van der Waals surface area contributed by atoms with Crippen LogP contribution in [0.1, 0.15) is 50.4 Å². The van der Waals surface area contributed by atoms with Crippen LogP contribution in [0.4, 0.5) is 5.82 Å². The van der Waals surface area contributed by atoms with E-state index in [0.29, 0.717) is 11.7 Å². The lowest BCUT2D eigenvalue weighted by atomic mass is 9.80. The van der Waals surface area contributed by atoms with Gasteiger partial charge in [-0.2, -0.15) is 0 Å². The second-order valence-electron chi connectivity index (χ2n) is 5.43. The first-order chi connectivity index (χ1) is 8.41. The van der Waals surface area contributed by atoms with E-state index in [1.807, 2.05) is 20.8 Å². The summed E-state index contributed by atoms with van der Waals surface area (Å²) in [6.45, 7) is 6.48. The second kappa shape index (κ2) is 5.02. The largest absolute Gasteiger partial charge is 0.388 e. The zero-order chi connectivity index (χ0) is 13.3. The van der Waals surface area contributed by atoms with Gasteiger partial charge in [0.05, 0.1) is 5.60 Å². The fraction of sp³-hybridized carbons (Fsp3) is 0.692. The van der Waals surface area contributed by atoms with Gasteiger partial charge < -0.3 is 10.4 Å². The smallest absolute Gasteiger partial charge is 0.137 e. The van der Waals surface area contributed by atoms with E-state index in [2.05, 4.69) is 15.3 Å². The Morgan fingerprint density at radius 1 is 1.39 bits per heavy atom. The summed E-state index contributed by atoms with van der Waals surface area (Å²) in [6, 6.07) is 0. The van der Waals surface area contributed by atoms with Crippen molar-refractivity contribution >= 4 is 17.4 Å². The molecule has 0 bridgehead atoms. The third-order valence-electron chi connectivity index (χ3n) is 3.49. The summed E-state index contributed by atoms with van der Waals surface area (Å²) in [5, 5.41) is 13.8. The predicted octanol–water partition coefficient (Wildman–Crippen LogP) is 2.89. The van der Waals surface area contributed by atoms with Crippen LogP contribution < -0.4 is 5.32 Å². The quantitative estimate of drug-likeness (QED) is 0.826. The first kappa shape index (κ1) is 13.6. The first-order valence-corrected chi connectivity index (χ1v) is 6.79. The van der Waals surface area contributed by atoms with Gasteiger partial charge in [0.15, 0.2) is 0 Å². The van der Waals surface area contributed by atoms with E-state index in [-0.39, 0.29) is 5.92 Å². The molecule has 1 aliphatic carbocycles. The normalized spacial score (nSPS) is 17.7. The van der Waals surface area contributed by atoms with Crippen LogP contribution in [-0.2, 0) is 0 Å². The minimum Gasteiger partial charge on any atom is -0.388 e. The van der Waals surface area contributed by atoms with Gasteiger partial charge in [-0.15, -0.1) is 0 Å². The lowest BCUT2D eigenvalue weighted by molar-refractivity contribution is -0.0202. The van der Waals surface area contributed by atoms with E-state index in [4.69, 9.17) is 11.6 Å². The summed E-state index contributed by atoms with van der Waals surface area (Å²) in [4.78, 5) is 8.74. The van der Waals surface area contributed by atoms with Crippen molar-refractivity contribution in [1.29, 1.82) is 0 Å². The van der Waals surface area contributed by atoms with Crippen molar-refractivity contribution in [2.75, 3.05) is 11.9 Å². The highest BCUT2D eigenvalue weighted by molar-refractivity contribution is 6.30. The molecular formula is C13H20ClN3O. The Balaban J connectivity index is 2.15. The van der Waals surface area contributed by atoms with Gasteiger partial charge in [0.25, 0.3) is 0 Å². The van der Waals surface area contributed by atoms with E-state index in [0.717, 1.165) is 36.5 Å². The van der Waals surface area contributed by atoms with E-state index >= 15 is 0 Å². The van der Waals surface area contributed by atoms with E-state index in [9.17, 15) is 5.11 Å². The molecule has 0 saturated heterocycles. The van der Waals surface area contributed by atoms with Crippen LogP contribution >= 0.6 is 11.6 Å². The maximum Gasteiger partial charge on any atom is 0.137 e. The molecule has 1 aliphatic rings. The highest BCUT2D eigenvalue weighted by Gasteiger charge is 2.34. The predicted molar refractivity (Wildman–Crippen MR) is 73.2 cm³/mol. The summed E-state index contributed by atoms with van der Waals surface area (Å²) in [7, 11) is 0. The van der Waals surface area contributed by atoms with Crippen molar-refractivity contribution in [2.45, 2.75) is 51.6 Å². The Labute approximate surface area is 113 Å². The molecule has 0 radical (unpaired) electrons. The summed E-state index contributed by atoms with van der Waals surface area (Å²) < 4.78 is 0. The topological polar surface area (TPSA) is 58.0 Å². The van der Waals surface area contributed by atoms with Crippen LogP contribution in [0, 0.1) is 6.92 Å². The summed E-state index contributed by atoms with van der Waals surface area (Å²) in [6.07, 6.45) is 2.81. The molecule has 0 aromatic carbocycles. The van der Waals surface area contributed by atoms with Crippen molar-refractivity contribution in [3.05, 3.63) is 16.5 Å². The Morgan fingerprint density at radius 2 is 2.06 bits per heavy atom. The molecule has 0 aliphatic heterocycles. The van der Waals surface area contributed by atoms with Gasteiger partial charge in [-0.3, -0.25) is 0 Å². The molecule has 0 unspecified atom stereocenters. The van der Waals surface area contributed by atoms with Crippen LogP contribution in [0.2, 0.25) is 5.15 Å². The number of aromatic nitrogens is 2. The fourth-order valence-electron chi connectivity index (χ4n) is 1.95. The molecule has 1 fully saturated rings. The van der Waals surface area contributed by atoms with Crippen LogP contribution in [0.3, 0.4) is 0 Å². The molecule has 0 amide bonds. The van der Waals surface area contributed by atoms with Gasteiger partial charge >= 0.3 is 0 Å². The van der Waals surface area contributed by atoms with Crippen molar-refractivity contribution in [2.24, 2.45) is 0 Å². The van der Waals surface area contributed by atoms with Gasteiger partial charge in [-0.05, 0) is 26.2 Å². The molecule has 100 valence electrons. The minimum atomic E-state index is -0.568. The number of rotatable bonds is 4. The third-order valence-corrected chi connectivity index (χ3v) is 3.86. The molecule has 1 aromatic rings. The van der Waals surface area contributed by atoms with Crippen molar-refractivity contribution in [3.8, 4) is 0 Å². The lowest BCUT2D eigenvalue weighted by Crippen LogP contribution is -2.43. The number of halogens is 1. The number of nitrogens with zero attached hydrogens (tertiary/aromatic N) is 2. The van der Waals surface area contributed by atoms with Gasteiger partial charge in [-0.25, -0.2) is 9.97 Å². The maximum atomic E-state index is 10.1. The van der Waals surface area contributed by atoms with E-state index < -0.39 is 5.60 Å². The Morgan fingerprint density at radius 3 is 2.56 bits per heavy atom. The number of hydrogen-bond acceptors (Lipinski definition) is 4. The van der Waals surface area contributed by atoms with Crippen LogP contribution in [0.25, 0.3) is 0 Å². The van der Waals surface area contributed by atoms with Gasteiger partial charge in [0.1, 0.15) is 16.8 Å². The molecule has 5 heteroatoms. The molecule has 2 N–H and O–H groups in total. The minimum absolute atomic E-state index is 0.232. The number of hydrogen-bond donors (Lipinski definition) is 2. The number of nitrogens with one attached hydrogen (secondary N) is 1. The maximum absolute atomic E-state index is 10.1. The zero-order valence-electron chi connectivity index (χ0n) is 11.1. The average Bonchev–Trinajstić information content (AvgIpc) is 2.28. The SMILES string of the molecule is Cc1c(Cl)nc(C(C)C)nc1NCC1(O)CCC1. The Kier molecular flexibility index (Phi) is 3.78. The fourth-order valence-corrected chi connectivity index (χ4v) is 2.12. The lowest BCUT2D eigenvalue weighted by Gasteiger charge is -2.36. The Hall–Kier alpha value is -0.870. The molecule has 0 spiro atoms. The van der Waals surface area contributed by atoms with E-state index in [1.165, 1.54) is 0 Å². The monoisotopic (exact) mass is 269 g/mol. The molecule has 1 heterocycles. The van der Waals surface area contributed by atoms with Crippen LogP contribution in [-0.4, -0.2) is 27.2 Å². The van der Waals surface area contributed by atoms with E-state index in [1.54, 1.807) is 0 Å². The van der Waals surface area contributed by atoms with Crippen molar-refractivity contribution in [1.82, 2.24) is 9.97 Å². The van der Waals surface area contributed by atoms with Gasteiger partial charge in [0, 0.05) is 18.0 Å². The molecule has 2 rings (SSSR count). The summed E-state index contributed by atoms with van der Waals surface area (Å²) in [5.74, 6) is 1.70. The van der Waals surface area contributed by atoms with Crippen molar-refractivity contribution in [3.63, 3.8) is 0 Å². The average molecular weight is 270 g/mol. The molecule has 0 atom stereocenters. The molecule has 1 aromatic heterocycles. The molecule has 18 heavy (non-hydrogen) atoms. The van der Waals surface area contributed by atoms with Crippen molar-refractivity contribution < 1.29 is 5.11 Å². The standard InChI is InChI=1S/C13H20ClN3O/c1-8(2)11-16-10(14)9(3)12(17-11)15-7-13(18)5-4-6-13/h8,18H,4-7H2,1-3H3,(H,15,16,17). The Bertz CT molecular complexity index is 444. The highest BCUT2D eigenvalue weighted by Crippen LogP contribution is 2.32. The highest BCUT2D eigenvalue weighted by atomic mass is 35.5. The van der Waals surface area contributed by atoms with Gasteiger partial charge in [0.2, 0.25) is 0 Å². The van der Waals surface area contributed by atoms with Crippen LogP contribution in [0.5, 0.6) is 0 Å². The zero-order valence-corrected chi connectivity index (χ0v) is 11.9. The number of aliphatic hydroxyl groups is 1. The first-order valence-electron chi connectivity index (χ1n) is 6.41. The molecule has 1 saturated carbocycles. The van der Waals surface area contributed by atoms with Crippen LogP contribution in [0.15, 0.2) is 0 Å².